The fraction of sp³-hybridized carbons (Fsp3) is 0.583. The van der Waals surface area contributed by atoms with Crippen LogP contribution in [-0.2, 0) is 24.5 Å². The second-order valence-electron chi connectivity index (χ2n) is 9.64. The zero-order chi connectivity index (χ0) is 20.8. The van der Waals surface area contributed by atoms with Crippen LogP contribution >= 0.6 is 0 Å². The molecule has 0 radical (unpaired) electrons. The second-order valence-corrected chi connectivity index (χ2v) is 9.64. The van der Waals surface area contributed by atoms with E-state index in [0.29, 0.717) is 12.8 Å². The van der Waals surface area contributed by atoms with Crippen molar-refractivity contribution < 1.29 is 19.1 Å². The molecule has 6 nitrogen and oxygen atoms in total. The number of anilines is 1. The van der Waals surface area contributed by atoms with Crippen molar-refractivity contribution in [3.8, 4) is 0 Å². The van der Waals surface area contributed by atoms with Gasteiger partial charge >= 0.3 is 5.97 Å². The van der Waals surface area contributed by atoms with Crippen molar-refractivity contribution in [2.75, 3.05) is 19.0 Å². The number of fused-ring (bicyclic) bond motifs is 3. The summed E-state index contributed by atoms with van der Waals surface area (Å²) >= 11 is 0. The van der Waals surface area contributed by atoms with Crippen LogP contribution in [-0.4, -0.2) is 54.6 Å². The van der Waals surface area contributed by atoms with E-state index in [1.54, 1.807) is 6.92 Å². The van der Waals surface area contributed by atoms with Gasteiger partial charge in [0.15, 0.2) is 0 Å². The Labute approximate surface area is 176 Å². The SMILES string of the molecule is CC[C@@]12CC(C(=O)OC)=C3Nc4ccccc4[C@@]34CCN([C@H](CC(C)=O)[C@@H]3O[C@@H]31)[C@@H]24. The second kappa shape index (κ2) is 5.95. The zero-order valence-electron chi connectivity index (χ0n) is 17.7. The smallest absolute Gasteiger partial charge is 0.335 e. The minimum atomic E-state index is -0.277. The summed E-state index contributed by atoms with van der Waals surface area (Å²) in [5.74, 6) is -0.0246. The summed E-state index contributed by atoms with van der Waals surface area (Å²) in [5.41, 5.74) is 3.72. The summed E-state index contributed by atoms with van der Waals surface area (Å²) in [4.78, 5) is 27.6. The first kappa shape index (κ1) is 18.6. The van der Waals surface area contributed by atoms with Gasteiger partial charge < -0.3 is 14.8 Å². The fourth-order valence-corrected chi connectivity index (χ4v) is 7.47. The van der Waals surface area contributed by atoms with Gasteiger partial charge in [-0.15, -0.1) is 0 Å². The van der Waals surface area contributed by atoms with Crippen molar-refractivity contribution in [3.63, 3.8) is 0 Å². The Morgan fingerprint density at radius 3 is 2.87 bits per heavy atom. The summed E-state index contributed by atoms with van der Waals surface area (Å²) in [5, 5.41) is 3.62. The van der Waals surface area contributed by atoms with Crippen LogP contribution < -0.4 is 5.32 Å². The van der Waals surface area contributed by atoms with E-state index in [1.807, 2.05) is 6.07 Å². The van der Waals surface area contributed by atoms with Gasteiger partial charge in [-0.2, -0.15) is 0 Å². The van der Waals surface area contributed by atoms with E-state index in [4.69, 9.17) is 9.47 Å². The molecular formula is C24H28N2O4. The summed E-state index contributed by atoms with van der Waals surface area (Å²) in [7, 11) is 1.47. The molecule has 3 fully saturated rings. The van der Waals surface area contributed by atoms with Gasteiger partial charge in [0.2, 0.25) is 0 Å². The molecule has 4 aliphatic heterocycles. The Morgan fingerprint density at radius 1 is 1.33 bits per heavy atom. The number of Topliss-reactive ketones (excluding diaryl/α,β-unsaturated/α-hetero) is 1. The van der Waals surface area contributed by atoms with Gasteiger partial charge in [0, 0.05) is 41.8 Å². The Balaban J connectivity index is 1.61. The molecule has 0 bridgehead atoms. The predicted octanol–water partition coefficient (Wildman–Crippen LogP) is 2.78. The molecule has 1 aliphatic carbocycles. The Morgan fingerprint density at radius 2 is 2.13 bits per heavy atom. The third-order valence-corrected chi connectivity index (χ3v) is 8.51. The van der Waals surface area contributed by atoms with Gasteiger partial charge in [0.05, 0.1) is 24.2 Å². The van der Waals surface area contributed by atoms with Crippen LogP contribution in [0, 0.1) is 5.41 Å². The number of hydrogen-bond donors (Lipinski definition) is 1. The number of rotatable bonds is 4. The number of hydrogen-bond acceptors (Lipinski definition) is 6. The molecule has 0 unspecified atom stereocenters. The topological polar surface area (TPSA) is 71.2 Å². The molecule has 1 spiro atoms. The van der Waals surface area contributed by atoms with Crippen molar-refractivity contribution in [2.24, 2.45) is 5.41 Å². The van der Waals surface area contributed by atoms with Gasteiger partial charge in [-0.1, -0.05) is 25.1 Å². The lowest BCUT2D eigenvalue weighted by atomic mass is 9.53. The van der Waals surface area contributed by atoms with E-state index in [2.05, 4.69) is 35.3 Å². The number of benzene rings is 1. The van der Waals surface area contributed by atoms with E-state index in [9.17, 15) is 9.59 Å². The first-order valence-corrected chi connectivity index (χ1v) is 11.1. The average molecular weight is 408 g/mol. The van der Waals surface area contributed by atoms with Gasteiger partial charge in [-0.25, -0.2) is 4.79 Å². The maximum atomic E-state index is 13.0. The number of methoxy groups -OCH3 is 1. The van der Waals surface area contributed by atoms with Crippen LogP contribution in [0.4, 0.5) is 5.69 Å². The highest BCUT2D eigenvalue weighted by atomic mass is 16.6. The summed E-state index contributed by atoms with van der Waals surface area (Å²) in [6.45, 7) is 4.81. The van der Waals surface area contributed by atoms with Crippen LogP contribution in [0.5, 0.6) is 0 Å². The molecule has 6 heteroatoms. The highest BCUT2D eigenvalue weighted by Crippen LogP contribution is 2.69. The number of esters is 1. The Hall–Kier alpha value is -2.18. The van der Waals surface area contributed by atoms with E-state index < -0.39 is 0 Å². The lowest BCUT2D eigenvalue weighted by molar-refractivity contribution is -0.137. The molecule has 4 heterocycles. The molecule has 1 aromatic rings. The number of carbonyl (C=O) groups is 2. The summed E-state index contributed by atoms with van der Waals surface area (Å²) in [6.07, 6.45) is 3.24. The van der Waals surface area contributed by atoms with Gasteiger partial charge in [0.25, 0.3) is 0 Å². The van der Waals surface area contributed by atoms with Gasteiger partial charge in [-0.05, 0) is 37.8 Å². The minimum Gasteiger partial charge on any atom is -0.466 e. The molecule has 158 valence electrons. The molecule has 6 atom stereocenters. The number of epoxide rings is 1. The summed E-state index contributed by atoms with van der Waals surface area (Å²) < 4.78 is 11.6. The van der Waals surface area contributed by atoms with Crippen molar-refractivity contribution in [2.45, 2.75) is 69.2 Å². The minimum absolute atomic E-state index is 0.0882. The Kier molecular flexibility index (Phi) is 3.68. The van der Waals surface area contributed by atoms with E-state index >= 15 is 0 Å². The number of para-hydroxylation sites is 1. The summed E-state index contributed by atoms with van der Waals surface area (Å²) in [6, 6.07) is 8.78. The van der Waals surface area contributed by atoms with Crippen molar-refractivity contribution >= 4 is 17.4 Å². The van der Waals surface area contributed by atoms with Gasteiger partial charge in [-0.3, -0.25) is 9.69 Å². The Bertz CT molecular complexity index is 1000. The fourth-order valence-electron chi connectivity index (χ4n) is 7.47. The molecule has 0 amide bonds. The quantitative estimate of drug-likeness (QED) is 0.610. The predicted molar refractivity (Wildman–Crippen MR) is 111 cm³/mol. The van der Waals surface area contributed by atoms with Crippen molar-refractivity contribution in [3.05, 3.63) is 41.1 Å². The molecule has 1 aromatic carbocycles. The van der Waals surface area contributed by atoms with Crippen LogP contribution in [0.3, 0.4) is 0 Å². The third kappa shape index (κ3) is 2.02. The first-order valence-electron chi connectivity index (χ1n) is 11.1. The molecule has 0 aromatic heterocycles. The molecule has 0 saturated carbocycles. The number of nitrogens with zero attached hydrogens (tertiary/aromatic N) is 1. The number of piperidine rings is 1. The lowest BCUT2D eigenvalue weighted by Crippen LogP contribution is -2.65. The first-order chi connectivity index (χ1) is 14.5. The highest BCUT2D eigenvalue weighted by molar-refractivity contribution is 5.93. The zero-order valence-corrected chi connectivity index (χ0v) is 17.7. The van der Waals surface area contributed by atoms with Crippen molar-refractivity contribution in [1.82, 2.24) is 4.90 Å². The van der Waals surface area contributed by atoms with E-state index in [1.165, 1.54) is 12.7 Å². The number of ether oxygens (including phenoxy) is 2. The largest absolute Gasteiger partial charge is 0.466 e. The number of ketones is 1. The maximum Gasteiger partial charge on any atom is 0.335 e. The van der Waals surface area contributed by atoms with Crippen molar-refractivity contribution in [1.29, 1.82) is 0 Å². The third-order valence-electron chi connectivity index (χ3n) is 8.51. The molecule has 1 N–H and O–H groups in total. The molecule has 3 saturated heterocycles. The van der Waals surface area contributed by atoms with E-state index in [0.717, 1.165) is 36.3 Å². The van der Waals surface area contributed by atoms with Crippen LogP contribution in [0.25, 0.3) is 0 Å². The molecule has 30 heavy (non-hydrogen) atoms. The normalized spacial score (nSPS) is 40.1. The van der Waals surface area contributed by atoms with Crippen LogP contribution in [0.1, 0.15) is 45.1 Å². The molecule has 5 aliphatic rings. The van der Waals surface area contributed by atoms with E-state index in [-0.39, 0.29) is 46.9 Å². The standard InChI is InChI=1S/C24H28N2O4/c1-4-23-12-14(21(28)29-3)19-24(15-7-5-6-8-16(15)25-19)9-10-26(22(23)24)17(11-13(2)27)18-20(23)30-18/h5-8,17-18,20,22,25H,4,9-12H2,1-3H3/t17-,18+,20+,22+,23-,24+/m1/s1. The van der Waals surface area contributed by atoms with Crippen LogP contribution in [0.15, 0.2) is 35.5 Å². The number of nitrogens with one attached hydrogen (secondary N) is 1. The lowest BCUT2D eigenvalue weighted by Gasteiger charge is -2.56. The molecule has 6 rings (SSSR count). The average Bonchev–Trinajstić information content (AvgIpc) is 3.35. The van der Waals surface area contributed by atoms with Gasteiger partial charge in [0.1, 0.15) is 11.9 Å². The highest BCUT2D eigenvalue weighted by Gasteiger charge is 2.76. The van der Waals surface area contributed by atoms with Crippen LogP contribution in [0.2, 0.25) is 0 Å². The monoisotopic (exact) mass is 408 g/mol. The number of carbonyl (C=O) groups excluding carboxylic acids is 2. The molecular weight excluding hydrogens is 380 g/mol. The maximum absolute atomic E-state index is 13.0.